The van der Waals surface area contributed by atoms with Gasteiger partial charge in [0.15, 0.2) is 0 Å². The summed E-state index contributed by atoms with van der Waals surface area (Å²) in [5.41, 5.74) is 5.82. The SMILES string of the molecule is CC1CCCN(CCC2N=C(Nc3ccc(C(F)(F)F)cc3)c3ccc(C/C(=C\C=C/N)C(F)(F)F)cc3N2)C1. The lowest BCUT2D eigenvalue weighted by atomic mass is 9.99. The summed E-state index contributed by atoms with van der Waals surface area (Å²) in [4.78, 5) is 7.18. The average molecular weight is 566 g/mol. The molecule has 1 fully saturated rings. The first kappa shape index (κ1) is 29.5. The molecule has 1 saturated heterocycles. The Balaban J connectivity index is 1.59. The maximum absolute atomic E-state index is 13.6. The van der Waals surface area contributed by atoms with Gasteiger partial charge >= 0.3 is 12.4 Å². The van der Waals surface area contributed by atoms with Crippen LogP contribution >= 0.6 is 0 Å². The minimum Gasteiger partial charge on any atom is -0.405 e. The van der Waals surface area contributed by atoms with Crippen molar-refractivity contribution in [2.24, 2.45) is 16.6 Å². The van der Waals surface area contributed by atoms with Crippen LogP contribution in [-0.4, -0.2) is 42.7 Å². The summed E-state index contributed by atoms with van der Waals surface area (Å²) in [5.74, 6) is 1.05. The smallest absolute Gasteiger partial charge is 0.405 e. The maximum atomic E-state index is 13.6. The summed E-state index contributed by atoms with van der Waals surface area (Å²) in [6.07, 6.45) is -3.56. The zero-order valence-electron chi connectivity index (χ0n) is 22.1. The summed E-state index contributed by atoms with van der Waals surface area (Å²) in [6, 6.07) is 9.57. The van der Waals surface area contributed by atoms with Crippen LogP contribution in [-0.2, 0) is 12.6 Å². The standard InChI is InChI=1S/C29H33F6N5/c1-19-4-3-14-40(18-19)15-12-26-38-25-17-20(16-22(5-2-13-36)29(33,34)35)6-11-24(25)27(39-26)37-23-9-7-21(8-10-23)28(30,31)32/h2,5-11,13,17,19,26,38H,3-4,12,14-16,18,36H2,1H3,(H,37,39)/b13-2-,22-5+. The summed E-state index contributed by atoms with van der Waals surface area (Å²) < 4.78 is 79.8. The van der Waals surface area contributed by atoms with Gasteiger partial charge in [0, 0.05) is 48.4 Å². The van der Waals surface area contributed by atoms with E-state index in [0.717, 1.165) is 56.5 Å². The van der Waals surface area contributed by atoms with Crippen LogP contribution in [0, 0.1) is 5.92 Å². The Morgan fingerprint density at radius 2 is 1.88 bits per heavy atom. The minimum atomic E-state index is -4.52. The number of hydrogen-bond acceptors (Lipinski definition) is 5. The van der Waals surface area contributed by atoms with E-state index < -0.39 is 23.5 Å². The van der Waals surface area contributed by atoms with Crippen LogP contribution in [0.25, 0.3) is 0 Å². The average Bonchev–Trinajstić information content (AvgIpc) is 2.89. The van der Waals surface area contributed by atoms with E-state index in [9.17, 15) is 26.3 Å². The number of likely N-dealkylation sites (tertiary alicyclic amines) is 1. The van der Waals surface area contributed by atoms with Crippen LogP contribution in [0.3, 0.4) is 0 Å². The van der Waals surface area contributed by atoms with Crippen LogP contribution in [0.5, 0.6) is 0 Å². The molecule has 0 aliphatic carbocycles. The molecule has 0 amide bonds. The van der Waals surface area contributed by atoms with Crippen molar-refractivity contribution >= 4 is 17.2 Å². The Morgan fingerprint density at radius 3 is 2.52 bits per heavy atom. The normalized spacial score (nSPS) is 20.7. The van der Waals surface area contributed by atoms with Gasteiger partial charge < -0.3 is 21.3 Å². The summed E-state index contributed by atoms with van der Waals surface area (Å²) in [6.45, 7) is 5.01. The molecular weight excluding hydrogens is 532 g/mol. The van der Waals surface area contributed by atoms with Crippen molar-refractivity contribution in [3.05, 3.63) is 83.1 Å². The first-order valence-corrected chi connectivity index (χ1v) is 13.2. The fourth-order valence-electron chi connectivity index (χ4n) is 5.02. The van der Waals surface area contributed by atoms with Crippen molar-refractivity contribution < 1.29 is 26.3 Å². The number of aliphatic imine (C=N–C) groups is 1. The van der Waals surface area contributed by atoms with E-state index in [1.54, 1.807) is 18.2 Å². The zero-order chi connectivity index (χ0) is 28.9. The summed E-state index contributed by atoms with van der Waals surface area (Å²) in [7, 11) is 0. The molecule has 2 heterocycles. The van der Waals surface area contributed by atoms with Crippen LogP contribution in [0.4, 0.5) is 37.7 Å². The van der Waals surface area contributed by atoms with Crippen molar-refractivity contribution in [1.82, 2.24) is 4.90 Å². The van der Waals surface area contributed by atoms with Crippen LogP contribution in [0.1, 0.15) is 42.9 Å². The third-order valence-corrected chi connectivity index (χ3v) is 7.05. The molecule has 2 unspecified atom stereocenters. The number of amidine groups is 1. The lowest BCUT2D eigenvalue weighted by molar-refractivity contribution is -0.137. The third-order valence-electron chi connectivity index (χ3n) is 7.05. The van der Waals surface area contributed by atoms with Crippen LogP contribution in [0.15, 0.2) is 71.4 Å². The monoisotopic (exact) mass is 565 g/mol. The fraction of sp³-hybridized carbons (Fsp3) is 0.414. The molecule has 40 heavy (non-hydrogen) atoms. The van der Waals surface area contributed by atoms with Crippen LogP contribution < -0.4 is 16.4 Å². The molecule has 0 bridgehead atoms. The number of rotatable bonds is 7. The van der Waals surface area contributed by atoms with Gasteiger partial charge in [0.2, 0.25) is 0 Å². The maximum Gasteiger partial charge on any atom is 0.416 e. The Bertz CT molecular complexity index is 1250. The van der Waals surface area contributed by atoms with Crippen molar-refractivity contribution in [2.45, 2.75) is 51.1 Å². The highest BCUT2D eigenvalue weighted by atomic mass is 19.4. The first-order chi connectivity index (χ1) is 18.9. The summed E-state index contributed by atoms with van der Waals surface area (Å²) in [5, 5.41) is 6.47. The Kier molecular flexibility index (Phi) is 9.12. The van der Waals surface area contributed by atoms with Gasteiger partial charge in [-0.3, -0.25) is 0 Å². The molecule has 0 spiro atoms. The molecule has 2 aliphatic heterocycles. The van der Waals surface area contributed by atoms with Gasteiger partial charge in [-0.1, -0.05) is 19.1 Å². The van der Waals surface area contributed by atoms with E-state index in [-0.39, 0.29) is 12.6 Å². The predicted molar refractivity (Wildman–Crippen MR) is 146 cm³/mol. The number of piperidine rings is 1. The number of benzene rings is 2. The number of alkyl halides is 6. The molecule has 4 rings (SSSR count). The quantitative estimate of drug-likeness (QED) is 0.251. The number of hydrogen-bond donors (Lipinski definition) is 3. The Hall–Kier alpha value is -3.47. The number of anilines is 2. The second-order valence-corrected chi connectivity index (χ2v) is 10.3. The van der Waals surface area contributed by atoms with Crippen molar-refractivity contribution in [1.29, 1.82) is 0 Å². The van der Waals surface area contributed by atoms with E-state index >= 15 is 0 Å². The summed E-state index contributed by atoms with van der Waals surface area (Å²) >= 11 is 0. The van der Waals surface area contributed by atoms with E-state index in [1.807, 2.05) is 0 Å². The van der Waals surface area contributed by atoms with Crippen molar-refractivity contribution in [3.63, 3.8) is 0 Å². The fourth-order valence-corrected chi connectivity index (χ4v) is 5.02. The molecule has 216 valence electrons. The van der Waals surface area contributed by atoms with Gasteiger partial charge in [-0.05, 0) is 79.5 Å². The number of allylic oxidation sites excluding steroid dienone is 3. The highest BCUT2D eigenvalue weighted by Gasteiger charge is 2.33. The largest absolute Gasteiger partial charge is 0.416 e. The minimum absolute atomic E-state index is 0.349. The zero-order valence-corrected chi connectivity index (χ0v) is 22.1. The van der Waals surface area contributed by atoms with Gasteiger partial charge in [0.05, 0.1) is 5.56 Å². The first-order valence-electron chi connectivity index (χ1n) is 13.2. The number of fused-ring (bicyclic) bond motifs is 1. The van der Waals surface area contributed by atoms with Crippen molar-refractivity contribution in [3.8, 4) is 0 Å². The Labute approximate surface area is 229 Å². The topological polar surface area (TPSA) is 65.7 Å². The van der Waals surface area contributed by atoms with Gasteiger partial charge in [-0.25, -0.2) is 4.99 Å². The van der Waals surface area contributed by atoms with Gasteiger partial charge in [0.1, 0.15) is 12.0 Å². The molecule has 11 heteroatoms. The van der Waals surface area contributed by atoms with Gasteiger partial charge in [-0.2, -0.15) is 26.3 Å². The molecule has 2 aliphatic rings. The molecule has 0 radical (unpaired) electrons. The van der Waals surface area contributed by atoms with Crippen LogP contribution in [0.2, 0.25) is 0 Å². The van der Waals surface area contributed by atoms with E-state index in [0.29, 0.717) is 40.7 Å². The lowest BCUT2D eigenvalue weighted by Crippen LogP contribution is -2.38. The molecule has 0 saturated carbocycles. The van der Waals surface area contributed by atoms with E-state index in [2.05, 4.69) is 22.5 Å². The molecular formula is C29H33F6N5. The number of nitrogens with two attached hydrogens (primary N) is 1. The molecule has 2 aromatic rings. The molecule has 5 nitrogen and oxygen atoms in total. The molecule has 2 atom stereocenters. The number of halogens is 6. The van der Waals surface area contributed by atoms with Gasteiger partial charge in [0.25, 0.3) is 0 Å². The van der Waals surface area contributed by atoms with E-state index in [4.69, 9.17) is 10.7 Å². The molecule has 0 aromatic heterocycles. The second kappa shape index (κ2) is 12.4. The lowest BCUT2D eigenvalue weighted by Gasteiger charge is -2.33. The molecule has 2 aromatic carbocycles. The van der Waals surface area contributed by atoms with E-state index in [1.165, 1.54) is 18.6 Å². The third kappa shape index (κ3) is 7.80. The number of nitrogens with one attached hydrogen (secondary N) is 2. The Morgan fingerprint density at radius 1 is 1.12 bits per heavy atom. The number of nitrogens with zero attached hydrogens (tertiary/aromatic N) is 2. The predicted octanol–water partition coefficient (Wildman–Crippen LogP) is 6.94. The highest BCUT2D eigenvalue weighted by molar-refractivity contribution is 6.12. The highest BCUT2D eigenvalue weighted by Crippen LogP contribution is 2.33. The van der Waals surface area contributed by atoms with Gasteiger partial charge in [-0.15, -0.1) is 0 Å². The molecule has 4 N–H and O–H groups in total. The van der Waals surface area contributed by atoms with Crippen molar-refractivity contribution in [2.75, 3.05) is 30.3 Å². The second-order valence-electron chi connectivity index (χ2n) is 10.3.